The van der Waals surface area contributed by atoms with E-state index in [0.717, 1.165) is 18.8 Å². The highest BCUT2D eigenvalue weighted by molar-refractivity contribution is 5.84. The average molecular weight is 244 g/mol. The summed E-state index contributed by atoms with van der Waals surface area (Å²) in [6.45, 7) is 6.46. The van der Waals surface area contributed by atoms with Gasteiger partial charge < -0.3 is 0 Å². The van der Waals surface area contributed by atoms with Crippen molar-refractivity contribution >= 4 is 5.78 Å². The lowest BCUT2D eigenvalue weighted by molar-refractivity contribution is -0.122. The molecule has 0 bridgehead atoms. The number of carbonyl (C=O) groups is 1. The molecule has 2 rings (SSSR count). The van der Waals surface area contributed by atoms with Crippen LogP contribution in [0, 0.1) is 25.7 Å². The molecule has 0 aliphatic heterocycles. The van der Waals surface area contributed by atoms with Gasteiger partial charge in [0.1, 0.15) is 5.78 Å². The molecule has 2 unspecified atom stereocenters. The number of Topliss-reactive ketones (excluding diaryl/α,β-unsaturated/α-hetero) is 1. The molecule has 1 aliphatic rings. The van der Waals surface area contributed by atoms with E-state index < -0.39 is 0 Å². The minimum atomic E-state index is 0.328. The lowest BCUT2D eigenvalue weighted by Gasteiger charge is -2.13. The Bertz CT molecular complexity index is 413. The van der Waals surface area contributed by atoms with Gasteiger partial charge in [-0.15, -0.1) is 0 Å². The molecule has 1 heteroatoms. The highest BCUT2D eigenvalue weighted by Crippen LogP contribution is 2.34. The van der Waals surface area contributed by atoms with Gasteiger partial charge in [0.05, 0.1) is 0 Å². The van der Waals surface area contributed by atoms with Crippen molar-refractivity contribution in [2.24, 2.45) is 11.8 Å². The summed E-state index contributed by atoms with van der Waals surface area (Å²) in [5, 5.41) is 0. The van der Waals surface area contributed by atoms with Crippen LogP contribution in [0.15, 0.2) is 18.2 Å². The number of hydrogen-bond acceptors (Lipinski definition) is 1. The second-order valence-electron chi connectivity index (χ2n) is 5.80. The van der Waals surface area contributed by atoms with Crippen molar-refractivity contribution in [2.75, 3.05) is 0 Å². The standard InChI is InChI=1S/C17H24O/c1-4-14-8-9-15(10-14)17(18)11-16-12(2)6-5-7-13(16)3/h5-7,14-15H,4,8-11H2,1-3H3. The van der Waals surface area contributed by atoms with Crippen LogP contribution in [-0.2, 0) is 11.2 Å². The molecular formula is C17H24O. The molecule has 0 aromatic heterocycles. The lowest BCUT2D eigenvalue weighted by Crippen LogP contribution is -2.15. The Kier molecular flexibility index (Phi) is 4.21. The minimum absolute atomic E-state index is 0.328. The molecule has 1 aromatic rings. The Morgan fingerprint density at radius 1 is 1.22 bits per heavy atom. The molecular weight excluding hydrogens is 220 g/mol. The quantitative estimate of drug-likeness (QED) is 0.774. The second kappa shape index (κ2) is 5.69. The first-order valence-corrected chi connectivity index (χ1v) is 7.19. The van der Waals surface area contributed by atoms with E-state index in [4.69, 9.17) is 0 Å². The Morgan fingerprint density at radius 3 is 2.44 bits per heavy atom. The van der Waals surface area contributed by atoms with Gasteiger partial charge in [-0.2, -0.15) is 0 Å². The number of aryl methyl sites for hydroxylation is 2. The van der Waals surface area contributed by atoms with E-state index >= 15 is 0 Å². The summed E-state index contributed by atoms with van der Waals surface area (Å²) in [4.78, 5) is 12.4. The summed E-state index contributed by atoms with van der Waals surface area (Å²) >= 11 is 0. The van der Waals surface area contributed by atoms with Gasteiger partial charge in [-0.25, -0.2) is 0 Å². The molecule has 0 amide bonds. The van der Waals surface area contributed by atoms with E-state index in [0.29, 0.717) is 18.1 Å². The maximum Gasteiger partial charge on any atom is 0.140 e. The maximum atomic E-state index is 12.4. The Labute approximate surface area is 111 Å². The van der Waals surface area contributed by atoms with Crippen LogP contribution < -0.4 is 0 Å². The minimum Gasteiger partial charge on any atom is -0.299 e. The van der Waals surface area contributed by atoms with Crippen molar-refractivity contribution in [3.05, 3.63) is 34.9 Å². The molecule has 0 saturated heterocycles. The van der Waals surface area contributed by atoms with Crippen molar-refractivity contribution in [1.29, 1.82) is 0 Å². The topological polar surface area (TPSA) is 17.1 Å². The van der Waals surface area contributed by atoms with Crippen LogP contribution in [0.1, 0.15) is 49.3 Å². The predicted molar refractivity (Wildman–Crippen MR) is 75.7 cm³/mol. The Morgan fingerprint density at radius 2 is 1.89 bits per heavy atom. The summed E-state index contributed by atoms with van der Waals surface area (Å²) in [6.07, 6.45) is 5.36. The first-order chi connectivity index (χ1) is 8.61. The molecule has 1 saturated carbocycles. The van der Waals surface area contributed by atoms with Gasteiger partial charge in [-0.3, -0.25) is 4.79 Å². The van der Waals surface area contributed by atoms with Gasteiger partial charge in [-0.1, -0.05) is 31.5 Å². The second-order valence-corrected chi connectivity index (χ2v) is 5.80. The number of benzene rings is 1. The SMILES string of the molecule is CCC1CCC(C(=O)Cc2c(C)cccc2C)C1. The van der Waals surface area contributed by atoms with E-state index in [1.54, 1.807) is 0 Å². The first-order valence-electron chi connectivity index (χ1n) is 7.19. The summed E-state index contributed by atoms with van der Waals surface area (Å²) in [5.74, 6) is 1.58. The van der Waals surface area contributed by atoms with Crippen LogP contribution >= 0.6 is 0 Å². The van der Waals surface area contributed by atoms with E-state index in [2.05, 4.69) is 39.0 Å². The molecule has 0 N–H and O–H groups in total. The highest BCUT2D eigenvalue weighted by Gasteiger charge is 2.28. The molecule has 0 radical (unpaired) electrons. The van der Waals surface area contributed by atoms with Gasteiger partial charge in [-0.05, 0) is 55.7 Å². The molecule has 1 aliphatic carbocycles. The number of ketones is 1. The van der Waals surface area contributed by atoms with E-state index in [-0.39, 0.29) is 0 Å². The maximum absolute atomic E-state index is 12.4. The molecule has 0 heterocycles. The van der Waals surface area contributed by atoms with Crippen LogP contribution in [0.5, 0.6) is 0 Å². The summed E-state index contributed by atoms with van der Waals surface area (Å²) in [6, 6.07) is 6.29. The Balaban J connectivity index is 2.04. The predicted octanol–water partition coefficient (Wildman–Crippen LogP) is 4.24. The number of hydrogen-bond donors (Lipinski definition) is 0. The number of carbonyl (C=O) groups excluding carboxylic acids is 1. The molecule has 2 atom stereocenters. The van der Waals surface area contributed by atoms with Gasteiger partial charge in [0.15, 0.2) is 0 Å². The van der Waals surface area contributed by atoms with Crippen LogP contribution in [0.2, 0.25) is 0 Å². The molecule has 1 aromatic carbocycles. The van der Waals surface area contributed by atoms with Crippen molar-refractivity contribution in [1.82, 2.24) is 0 Å². The van der Waals surface area contributed by atoms with Crippen LogP contribution in [0.3, 0.4) is 0 Å². The van der Waals surface area contributed by atoms with Gasteiger partial charge in [0.2, 0.25) is 0 Å². The van der Waals surface area contributed by atoms with Crippen molar-refractivity contribution in [3.63, 3.8) is 0 Å². The van der Waals surface area contributed by atoms with Crippen LogP contribution in [0.25, 0.3) is 0 Å². The third-order valence-electron chi connectivity index (χ3n) is 4.57. The molecule has 1 nitrogen and oxygen atoms in total. The zero-order valence-electron chi connectivity index (χ0n) is 11.8. The average Bonchev–Trinajstić information content (AvgIpc) is 2.82. The first kappa shape index (κ1) is 13.3. The monoisotopic (exact) mass is 244 g/mol. The van der Waals surface area contributed by atoms with Crippen molar-refractivity contribution in [3.8, 4) is 0 Å². The summed E-state index contributed by atoms with van der Waals surface area (Å²) in [7, 11) is 0. The third kappa shape index (κ3) is 2.82. The molecule has 0 spiro atoms. The zero-order chi connectivity index (χ0) is 13.1. The summed E-state index contributed by atoms with van der Waals surface area (Å²) < 4.78 is 0. The van der Waals surface area contributed by atoms with Crippen LogP contribution in [-0.4, -0.2) is 5.78 Å². The van der Waals surface area contributed by atoms with Crippen LogP contribution in [0.4, 0.5) is 0 Å². The fraction of sp³-hybridized carbons (Fsp3) is 0.588. The number of rotatable bonds is 4. The van der Waals surface area contributed by atoms with E-state index in [1.807, 2.05) is 0 Å². The van der Waals surface area contributed by atoms with Gasteiger partial charge >= 0.3 is 0 Å². The smallest absolute Gasteiger partial charge is 0.140 e. The highest BCUT2D eigenvalue weighted by atomic mass is 16.1. The third-order valence-corrected chi connectivity index (χ3v) is 4.57. The fourth-order valence-corrected chi connectivity index (χ4v) is 3.18. The molecule has 18 heavy (non-hydrogen) atoms. The van der Waals surface area contributed by atoms with Crippen molar-refractivity contribution in [2.45, 2.75) is 52.9 Å². The lowest BCUT2D eigenvalue weighted by atomic mass is 9.91. The molecule has 1 fully saturated rings. The van der Waals surface area contributed by atoms with Crippen molar-refractivity contribution < 1.29 is 4.79 Å². The van der Waals surface area contributed by atoms with Gasteiger partial charge in [0.25, 0.3) is 0 Å². The fourth-order valence-electron chi connectivity index (χ4n) is 3.18. The molecule has 98 valence electrons. The normalized spacial score (nSPS) is 23.3. The summed E-state index contributed by atoms with van der Waals surface area (Å²) in [5.41, 5.74) is 3.77. The van der Waals surface area contributed by atoms with E-state index in [9.17, 15) is 4.79 Å². The largest absolute Gasteiger partial charge is 0.299 e. The van der Waals surface area contributed by atoms with Gasteiger partial charge in [0, 0.05) is 12.3 Å². The zero-order valence-corrected chi connectivity index (χ0v) is 11.8. The Hall–Kier alpha value is -1.11. The van der Waals surface area contributed by atoms with E-state index in [1.165, 1.54) is 29.5 Å².